The summed E-state index contributed by atoms with van der Waals surface area (Å²) < 4.78 is 34.7. The Morgan fingerprint density at radius 3 is 2.07 bits per heavy atom. The van der Waals surface area contributed by atoms with Crippen LogP contribution in [-0.4, -0.2) is 49.9 Å². The van der Waals surface area contributed by atoms with Gasteiger partial charge in [0.05, 0.1) is 17.2 Å². The molecule has 0 bridgehead atoms. The summed E-state index contributed by atoms with van der Waals surface area (Å²) in [4.78, 5) is 29.2. The average molecular weight is 594 g/mol. The maximum Gasteiger partial charge on any atom is 0.264 e. The van der Waals surface area contributed by atoms with Crippen LogP contribution in [0.15, 0.2) is 77.7 Å². The SMILES string of the molecule is CCOc1ccc(S(=O)(=O)N(CC(=O)N(Cc2ccccc2C)[C@H](CC)C(=O)NC(C)(C)C)c2ccc(C)cc2)cc1. The molecular weight excluding hydrogens is 550 g/mol. The van der Waals surface area contributed by atoms with Crippen LogP contribution in [-0.2, 0) is 26.2 Å². The van der Waals surface area contributed by atoms with E-state index in [4.69, 9.17) is 4.74 Å². The summed E-state index contributed by atoms with van der Waals surface area (Å²) >= 11 is 0. The number of carbonyl (C=O) groups excluding carboxylic acids is 2. The molecule has 3 rings (SSSR count). The molecule has 9 heteroatoms. The first-order valence-electron chi connectivity index (χ1n) is 14.2. The van der Waals surface area contributed by atoms with Crippen molar-refractivity contribution in [1.82, 2.24) is 10.2 Å². The number of aryl methyl sites for hydroxylation is 2. The number of anilines is 1. The summed E-state index contributed by atoms with van der Waals surface area (Å²) in [6.45, 7) is 13.3. The van der Waals surface area contributed by atoms with Crippen LogP contribution >= 0.6 is 0 Å². The number of ether oxygens (including phenoxy) is 1. The Balaban J connectivity index is 2.07. The van der Waals surface area contributed by atoms with Crippen LogP contribution in [0, 0.1) is 13.8 Å². The largest absolute Gasteiger partial charge is 0.494 e. The molecular formula is C33H43N3O5S. The van der Waals surface area contributed by atoms with Crippen molar-refractivity contribution in [2.24, 2.45) is 0 Å². The van der Waals surface area contributed by atoms with E-state index in [1.165, 1.54) is 17.0 Å². The third kappa shape index (κ3) is 8.35. The van der Waals surface area contributed by atoms with E-state index in [1.54, 1.807) is 36.4 Å². The average Bonchev–Trinajstić information content (AvgIpc) is 2.92. The van der Waals surface area contributed by atoms with Crippen molar-refractivity contribution in [2.45, 2.75) is 77.9 Å². The lowest BCUT2D eigenvalue weighted by molar-refractivity contribution is -0.141. The second-order valence-corrected chi connectivity index (χ2v) is 13.2. The highest BCUT2D eigenvalue weighted by molar-refractivity contribution is 7.92. The highest BCUT2D eigenvalue weighted by atomic mass is 32.2. The number of hydrogen-bond acceptors (Lipinski definition) is 5. The number of amides is 2. The predicted molar refractivity (Wildman–Crippen MR) is 167 cm³/mol. The van der Waals surface area contributed by atoms with Crippen LogP contribution in [0.2, 0.25) is 0 Å². The van der Waals surface area contributed by atoms with Crippen LogP contribution in [0.3, 0.4) is 0 Å². The van der Waals surface area contributed by atoms with Crippen LogP contribution < -0.4 is 14.4 Å². The van der Waals surface area contributed by atoms with Gasteiger partial charge >= 0.3 is 0 Å². The number of benzene rings is 3. The lowest BCUT2D eigenvalue weighted by Crippen LogP contribution is -2.55. The summed E-state index contributed by atoms with van der Waals surface area (Å²) in [5, 5.41) is 2.99. The number of nitrogens with one attached hydrogen (secondary N) is 1. The van der Waals surface area contributed by atoms with E-state index < -0.39 is 34.1 Å². The molecule has 0 unspecified atom stereocenters. The number of hydrogen-bond donors (Lipinski definition) is 1. The van der Waals surface area contributed by atoms with Crippen molar-refractivity contribution >= 4 is 27.5 Å². The fourth-order valence-corrected chi connectivity index (χ4v) is 6.00. The topological polar surface area (TPSA) is 96.0 Å². The molecule has 0 heterocycles. The second-order valence-electron chi connectivity index (χ2n) is 11.4. The molecule has 0 aliphatic rings. The first-order chi connectivity index (χ1) is 19.8. The molecule has 42 heavy (non-hydrogen) atoms. The number of rotatable bonds is 12. The molecule has 0 saturated carbocycles. The van der Waals surface area contributed by atoms with Gasteiger partial charge in [-0.2, -0.15) is 0 Å². The Morgan fingerprint density at radius 1 is 0.905 bits per heavy atom. The Kier molecular flexibility index (Phi) is 10.8. The predicted octanol–water partition coefficient (Wildman–Crippen LogP) is 5.62. The second kappa shape index (κ2) is 13.9. The van der Waals surface area contributed by atoms with Gasteiger partial charge < -0.3 is 15.0 Å². The van der Waals surface area contributed by atoms with Gasteiger partial charge in [0.25, 0.3) is 10.0 Å². The summed E-state index contributed by atoms with van der Waals surface area (Å²) in [6, 6.07) is 20.0. The van der Waals surface area contributed by atoms with Gasteiger partial charge in [-0.25, -0.2) is 8.42 Å². The third-order valence-corrected chi connectivity index (χ3v) is 8.60. The molecule has 0 aliphatic carbocycles. The molecule has 0 saturated heterocycles. The van der Waals surface area contributed by atoms with Gasteiger partial charge in [0.2, 0.25) is 11.8 Å². The van der Waals surface area contributed by atoms with Crippen LogP contribution in [0.4, 0.5) is 5.69 Å². The minimum absolute atomic E-state index is 0.0299. The lowest BCUT2D eigenvalue weighted by atomic mass is 10.0. The first-order valence-corrected chi connectivity index (χ1v) is 15.7. The number of nitrogens with zero attached hydrogens (tertiary/aromatic N) is 2. The minimum atomic E-state index is -4.16. The lowest BCUT2D eigenvalue weighted by Gasteiger charge is -2.35. The number of carbonyl (C=O) groups is 2. The van der Waals surface area contributed by atoms with E-state index in [0.29, 0.717) is 24.5 Å². The Morgan fingerprint density at radius 2 is 1.52 bits per heavy atom. The first kappa shape index (κ1) is 32.7. The molecule has 3 aromatic carbocycles. The molecule has 1 N–H and O–H groups in total. The summed E-state index contributed by atoms with van der Waals surface area (Å²) in [5.74, 6) is -0.220. The highest BCUT2D eigenvalue weighted by Crippen LogP contribution is 2.27. The van der Waals surface area contributed by atoms with Crippen molar-refractivity contribution in [1.29, 1.82) is 0 Å². The zero-order valence-corrected chi connectivity index (χ0v) is 26.5. The van der Waals surface area contributed by atoms with Crippen LogP contribution in [0.25, 0.3) is 0 Å². The van der Waals surface area contributed by atoms with E-state index >= 15 is 0 Å². The van der Waals surface area contributed by atoms with Crippen molar-refractivity contribution < 1.29 is 22.7 Å². The Bertz CT molecular complexity index is 1460. The monoisotopic (exact) mass is 593 g/mol. The molecule has 1 atom stereocenters. The molecule has 0 radical (unpaired) electrons. The van der Waals surface area contributed by atoms with Crippen molar-refractivity contribution in [3.05, 3.63) is 89.5 Å². The van der Waals surface area contributed by atoms with Gasteiger partial charge in [-0.1, -0.05) is 48.9 Å². The van der Waals surface area contributed by atoms with Crippen molar-refractivity contribution in [3.8, 4) is 5.75 Å². The van der Waals surface area contributed by atoms with E-state index in [1.807, 2.05) is 72.7 Å². The Hall–Kier alpha value is -3.85. The smallest absolute Gasteiger partial charge is 0.264 e. The maximum absolute atomic E-state index is 14.2. The third-order valence-electron chi connectivity index (χ3n) is 6.81. The molecule has 0 aliphatic heterocycles. The zero-order chi connectivity index (χ0) is 31.1. The van der Waals surface area contributed by atoms with Crippen LogP contribution in [0.5, 0.6) is 5.75 Å². The van der Waals surface area contributed by atoms with Gasteiger partial charge in [0, 0.05) is 12.1 Å². The minimum Gasteiger partial charge on any atom is -0.494 e. The molecule has 226 valence electrons. The molecule has 2 amide bonds. The van der Waals surface area contributed by atoms with E-state index in [9.17, 15) is 18.0 Å². The van der Waals surface area contributed by atoms with E-state index in [0.717, 1.165) is 21.0 Å². The Labute approximate surface area is 250 Å². The van der Waals surface area contributed by atoms with E-state index in [-0.39, 0.29) is 17.3 Å². The molecule has 0 spiro atoms. The standard InChI is InChI=1S/C33H43N3O5S/c1-8-30(32(38)34-33(5,6)7)35(22-26-13-11-10-12-25(26)4)31(37)23-36(27-16-14-24(3)15-17-27)42(39,40)29-20-18-28(19-21-29)41-9-2/h10-21,30H,8-9,22-23H2,1-7H3,(H,34,38)/t30-/m1/s1. The van der Waals surface area contributed by atoms with Gasteiger partial charge in [0.15, 0.2) is 0 Å². The molecule has 3 aromatic rings. The molecule has 0 aromatic heterocycles. The van der Waals surface area contributed by atoms with Gasteiger partial charge in [0.1, 0.15) is 18.3 Å². The number of sulfonamides is 1. The summed E-state index contributed by atoms with van der Waals surface area (Å²) in [7, 11) is -4.16. The van der Waals surface area contributed by atoms with Gasteiger partial charge in [-0.15, -0.1) is 0 Å². The fraction of sp³-hybridized carbons (Fsp3) is 0.394. The van der Waals surface area contributed by atoms with Gasteiger partial charge in [-0.3, -0.25) is 13.9 Å². The molecule has 0 fully saturated rings. The quantitative estimate of drug-likeness (QED) is 0.294. The maximum atomic E-state index is 14.2. The van der Waals surface area contributed by atoms with Crippen molar-refractivity contribution in [3.63, 3.8) is 0 Å². The normalized spacial score (nSPS) is 12.4. The fourth-order valence-electron chi connectivity index (χ4n) is 4.58. The van der Waals surface area contributed by atoms with E-state index in [2.05, 4.69) is 5.32 Å². The van der Waals surface area contributed by atoms with Crippen LogP contribution in [0.1, 0.15) is 57.7 Å². The van der Waals surface area contributed by atoms with Gasteiger partial charge in [-0.05, 0) is 95.5 Å². The summed E-state index contributed by atoms with van der Waals surface area (Å²) in [6.07, 6.45) is 0.357. The highest BCUT2D eigenvalue weighted by Gasteiger charge is 2.34. The zero-order valence-electron chi connectivity index (χ0n) is 25.7. The van der Waals surface area contributed by atoms with Crippen molar-refractivity contribution in [2.75, 3.05) is 17.5 Å². The summed E-state index contributed by atoms with van der Waals surface area (Å²) in [5.41, 5.74) is 2.65. The molecule has 8 nitrogen and oxygen atoms in total.